The molecule has 0 radical (unpaired) electrons. The maximum atomic E-state index is 12.0. The lowest BCUT2D eigenvalue weighted by atomic mass is 10.1. The molecule has 0 unspecified atom stereocenters. The predicted octanol–water partition coefficient (Wildman–Crippen LogP) is 2.22. The number of carboxylic acid groups (broad SMARTS) is 1. The van der Waals surface area contributed by atoms with E-state index in [4.69, 9.17) is 14.3 Å². The third kappa shape index (κ3) is 2.24. The molecule has 18 heavy (non-hydrogen) atoms. The van der Waals surface area contributed by atoms with Crippen LogP contribution in [-0.4, -0.2) is 24.0 Å². The van der Waals surface area contributed by atoms with Crippen LogP contribution in [0.4, 0.5) is 0 Å². The van der Waals surface area contributed by atoms with Crippen molar-refractivity contribution in [1.29, 1.82) is 0 Å². The maximum Gasteiger partial charge on any atom is 0.371 e. The Kier molecular flexibility index (Phi) is 3.14. The molecule has 2 aromatic rings. The molecule has 5 heteroatoms. The molecule has 0 atom stereocenters. The summed E-state index contributed by atoms with van der Waals surface area (Å²) >= 11 is 0. The quantitative estimate of drug-likeness (QED) is 0.837. The normalized spacial score (nSPS) is 10.1. The SMILES string of the molecule is COc1cccc(C(=O)c2ccc(C(=O)O)o2)c1. The lowest BCUT2D eigenvalue weighted by molar-refractivity contribution is 0.0660. The molecular formula is C13H10O5. The van der Waals surface area contributed by atoms with Crippen LogP contribution in [0.2, 0.25) is 0 Å². The number of aromatic carboxylic acids is 1. The molecule has 0 fully saturated rings. The van der Waals surface area contributed by atoms with E-state index in [1.807, 2.05) is 0 Å². The fourth-order valence-corrected chi connectivity index (χ4v) is 1.48. The minimum atomic E-state index is -1.21. The molecule has 0 bridgehead atoms. The Morgan fingerprint density at radius 3 is 2.50 bits per heavy atom. The lowest BCUT2D eigenvalue weighted by Gasteiger charge is -2.01. The van der Waals surface area contributed by atoms with Crippen LogP contribution in [0, 0.1) is 0 Å². The summed E-state index contributed by atoms with van der Waals surface area (Å²) in [5, 5.41) is 8.71. The smallest absolute Gasteiger partial charge is 0.371 e. The van der Waals surface area contributed by atoms with Crippen molar-refractivity contribution in [2.45, 2.75) is 0 Å². The monoisotopic (exact) mass is 246 g/mol. The molecule has 1 aromatic heterocycles. The summed E-state index contributed by atoms with van der Waals surface area (Å²) in [4.78, 5) is 22.7. The summed E-state index contributed by atoms with van der Waals surface area (Å²) in [6, 6.07) is 9.13. The Morgan fingerprint density at radius 1 is 1.17 bits per heavy atom. The number of hydrogen-bond donors (Lipinski definition) is 1. The second-order valence-electron chi connectivity index (χ2n) is 3.53. The predicted molar refractivity (Wildman–Crippen MR) is 62.1 cm³/mol. The zero-order chi connectivity index (χ0) is 13.1. The first kappa shape index (κ1) is 11.9. The average Bonchev–Trinajstić information content (AvgIpc) is 2.87. The summed E-state index contributed by atoms with van der Waals surface area (Å²) in [7, 11) is 1.50. The van der Waals surface area contributed by atoms with Gasteiger partial charge >= 0.3 is 5.97 Å². The highest BCUT2D eigenvalue weighted by atomic mass is 16.5. The zero-order valence-corrected chi connectivity index (χ0v) is 9.54. The van der Waals surface area contributed by atoms with Crippen molar-refractivity contribution >= 4 is 11.8 Å². The number of furan rings is 1. The Labute approximate surface area is 103 Å². The van der Waals surface area contributed by atoms with E-state index in [0.29, 0.717) is 11.3 Å². The van der Waals surface area contributed by atoms with Gasteiger partial charge in [-0.25, -0.2) is 4.79 Å². The number of hydrogen-bond acceptors (Lipinski definition) is 4. The number of benzene rings is 1. The number of rotatable bonds is 4. The molecule has 1 aromatic carbocycles. The van der Waals surface area contributed by atoms with E-state index in [0.717, 1.165) is 0 Å². The van der Waals surface area contributed by atoms with Gasteiger partial charge in [0.25, 0.3) is 0 Å². The van der Waals surface area contributed by atoms with Gasteiger partial charge in [-0.1, -0.05) is 12.1 Å². The molecule has 92 valence electrons. The van der Waals surface area contributed by atoms with E-state index < -0.39 is 5.97 Å². The molecule has 0 amide bonds. The number of carbonyl (C=O) groups is 2. The van der Waals surface area contributed by atoms with Gasteiger partial charge in [0.2, 0.25) is 11.5 Å². The van der Waals surface area contributed by atoms with Gasteiger partial charge < -0.3 is 14.3 Å². The fourth-order valence-electron chi connectivity index (χ4n) is 1.48. The van der Waals surface area contributed by atoms with Gasteiger partial charge in [-0.05, 0) is 24.3 Å². The number of methoxy groups -OCH3 is 1. The number of ether oxygens (including phenoxy) is 1. The number of carbonyl (C=O) groups excluding carboxylic acids is 1. The van der Waals surface area contributed by atoms with Crippen molar-refractivity contribution in [2.75, 3.05) is 7.11 Å². The molecule has 0 spiro atoms. The van der Waals surface area contributed by atoms with E-state index in [1.165, 1.54) is 19.2 Å². The van der Waals surface area contributed by atoms with Crippen LogP contribution in [0.15, 0.2) is 40.8 Å². The molecule has 0 saturated carbocycles. The highest BCUT2D eigenvalue weighted by molar-refractivity contribution is 6.07. The first-order valence-corrected chi connectivity index (χ1v) is 5.13. The first-order valence-electron chi connectivity index (χ1n) is 5.13. The van der Waals surface area contributed by atoms with Crippen LogP contribution < -0.4 is 4.74 Å². The first-order chi connectivity index (χ1) is 8.61. The van der Waals surface area contributed by atoms with E-state index in [1.54, 1.807) is 24.3 Å². The van der Waals surface area contributed by atoms with Gasteiger partial charge in [-0.3, -0.25) is 4.79 Å². The fraction of sp³-hybridized carbons (Fsp3) is 0.0769. The van der Waals surface area contributed by atoms with Crippen molar-refractivity contribution in [2.24, 2.45) is 0 Å². The van der Waals surface area contributed by atoms with Crippen LogP contribution in [-0.2, 0) is 0 Å². The van der Waals surface area contributed by atoms with E-state index >= 15 is 0 Å². The molecule has 0 saturated heterocycles. The average molecular weight is 246 g/mol. The van der Waals surface area contributed by atoms with Crippen LogP contribution >= 0.6 is 0 Å². The van der Waals surface area contributed by atoms with Crippen molar-refractivity contribution in [3.05, 3.63) is 53.5 Å². The molecule has 5 nitrogen and oxygen atoms in total. The van der Waals surface area contributed by atoms with Gasteiger partial charge in [0.1, 0.15) is 5.75 Å². The molecular weight excluding hydrogens is 236 g/mol. The minimum Gasteiger partial charge on any atom is -0.497 e. The molecule has 0 aliphatic carbocycles. The zero-order valence-electron chi connectivity index (χ0n) is 9.54. The summed E-state index contributed by atoms with van der Waals surface area (Å²) in [6.07, 6.45) is 0. The number of ketones is 1. The highest BCUT2D eigenvalue weighted by Crippen LogP contribution is 2.17. The van der Waals surface area contributed by atoms with Crippen molar-refractivity contribution in [1.82, 2.24) is 0 Å². The standard InChI is InChI=1S/C13H10O5/c1-17-9-4-2-3-8(7-9)12(14)10-5-6-11(18-10)13(15)16/h2-7H,1H3,(H,15,16). The van der Waals surface area contributed by atoms with E-state index in [2.05, 4.69) is 0 Å². The van der Waals surface area contributed by atoms with Crippen LogP contribution in [0.5, 0.6) is 5.75 Å². The summed E-state index contributed by atoms with van der Waals surface area (Å²) in [6.45, 7) is 0. The van der Waals surface area contributed by atoms with Crippen LogP contribution in [0.25, 0.3) is 0 Å². The largest absolute Gasteiger partial charge is 0.497 e. The van der Waals surface area contributed by atoms with Crippen molar-refractivity contribution < 1.29 is 23.8 Å². The Hall–Kier alpha value is -2.56. The van der Waals surface area contributed by atoms with Gasteiger partial charge in [0.15, 0.2) is 5.76 Å². The number of carboxylic acids is 1. The van der Waals surface area contributed by atoms with Gasteiger partial charge in [0, 0.05) is 5.56 Å². The molecule has 1 heterocycles. The minimum absolute atomic E-state index is 0.0133. The second-order valence-corrected chi connectivity index (χ2v) is 3.53. The third-order valence-corrected chi connectivity index (χ3v) is 2.37. The third-order valence-electron chi connectivity index (χ3n) is 2.37. The summed E-state index contributed by atoms with van der Waals surface area (Å²) in [5.74, 6) is -1.33. The summed E-state index contributed by atoms with van der Waals surface area (Å²) < 4.78 is 9.95. The molecule has 1 N–H and O–H groups in total. The van der Waals surface area contributed by atoms with Crippen LogP contribution in [0.3, 0.4) is 0 Å². The van der Waals surface area contributed by atoms with Gasteiger partial charge in [-0.15, -0.1) is 0 Å². The summed E-state index contributed by atoms with van der Waals surface area (Å²) in [5.41, 5.74) is 0.376. The molecule has 0 aliphatic rings. The van der Waals surface area contributed by atoms with Crippen molar-refractivity contribution in [3.8, 4) is 5.75 Å². The van der Waals surface area contributed by atoms with E-state index in [-0.39, 0.29) is 17.3 Å². The maximum absolute atomic E-state index is 12.0. The van der Waals surface area contributed by atoms with Crippen LogP contribution in [0.1, 0.15) is 26.7 Å². The van der Waals surface area contributed by atoms with E-state index in [9.17, 15) is 9.59 Å². The van der Waals surface area contributed by atoms with Gasteiger partial charge in [0.05, 0.1) is 7.11 Å². The molecule has 2 rings (SSSR count). The van der Waals surface area contributed by atoms with Crippen molar-refractivity contribution in [3.63, 3.8) is 0 Å². The topological polar surface area (TPSA) is 76.7 Å². The van der Waals surface area contributed by atoms with Gasteiger partial charge in [-0.2, -0.15) is 0 Å². The Morgan fingerprint density at radius 2 is 1.89 bits per heavy atom. The Bertz CT molecular complexity index is 597. The lowest BCUT2D eigenvalue weighted by Crippen LogP contribution is -2.00. The Balaban J connectivity index is 2.32. The second kappa shape index (κ2) is 4.75. The highest BCUT2D eigenvalue weighted by Gasteiger charge is 2.16. The molecule has 0 aliphatic heterocycles.